The second kappa shape index (κ2) is 8.40. The predicted molar refractivity (Wildman–Crippen MR) is 110 cm³/mol. The van der Waals surface area contributed by atoms with Crippen molar-refractivity contribution in [3.8, 4) is 0 Å². The van der Waals surface area contributed by atoms with Gasteiger partial charge in [0.25, 0.3) is 5.91 Å². The van der Waals surface area contributed by atoms with Gasteiger partial charge in [-0.05, 0) is 71.0 Å². The number of fused-ring (bicyclic) bond motifs is 1. The number of carbonyl (C=O) groups is 2. The third-order valence-corrected chi connectivity index (χ3v) is 6.51. The Labute approximate surface area is 172 Å². The highest BCUT2D eigenvalue weighted by Gasteiger charge is 2.52. The lowest BCUT2D eigenvalue weighted by Gasteiger charge is -2.40. The molecule has 4 heterocycles. The minimum atomic E-state index is -0.501. The number of hydrogen-bond acceptors (Lipinski definition) is 5. The number of aryl methyl sites for hydroxylation is 2. The maximum absolute atomic E-state index is 13.2. The van der Waals surface area contributed by atoms with Gasteiger partial charge in [0, 0.05) is 42.7 Å². The summed E-state index contributed by atoms with van der Waals surface area (Å²) in [5.41, 5.74) is 1.81. The van der Waals surface area contributed by atoms with Crippen LogP contribution in [0.2, 0.25) is 0 Å². The smallest absolute Gasteiger partial charge is 0.251 e. The molecule has 1 aromatic heterocycles. The maximum Gasteiger partial charge on any atom is 0.251 e. The number of carbonyl (C=O) groups excluding carboxylic acids is 2. The third kappa shape index (κ3) is 4.31. The van der Waals surface area contributed by atoms with E-state index >= 15 is 0 Å². The number of pyridine rings is 1. The standard InChI is InChI=1S/C22H32N4O3/c1-15-10-17(11-16(2)24-15)20(27)25-18-12-22(7-3-4-8-26(22)14-18)21(28)23-13-19-6-5-9-29-19/h10-11,18-19H,3-9,12-14H2,1-2H3,(H,23,28)(H,25,27)/t18-,19-,22+/m0/s1. The average molecular weight is 401 g/mol. The summed E-state index contributed by atoms with van der Waals surface area (Å²) >= 11 is 0. The molecule has 2 N–H and O–H groups in total. The van der Waals surface area contributed by atoms with E-state index in [1.54, 1.807) is 0 Å². The fourth-order valence-corrected chi connectivity index (χ4v) is 5.18. The molecular formula is C22H32N4O3. The molecular weight excluding hydrogens is 368 g/mol. The first kappa shape index (κ1) is 20.3. The molecule has 0 radical (unpaired) electrons. The van der Waals surface area contributed by atoms with Crippen LogP contribution in [0.5, 0.6) is 0 Å². The van der Waals surface area contributed by atoms with Gasteiger partial charge in [-0.25, -0.2) is 0 Å². The maximum atomic E-state index is 13.2. The Morgan fingerprint density at radius 2 is 2.03 bits per heavy atom. The number of nitrogens with zero attached hydrogens (tertiary/aromatic N) is 2. The van der Waals surface area contributed by atoms with Crippen molar-refractivity contribution >= 4 is 11.8 Å². The van der Waals surface area contributed by atoms with Crippen LogP contribution in [0.25, 0.3) is 0 Å². The topological polar surface area (TPSA) is 83.6 Å². The number of piperidine rings is 1. The van der Waals surface area contributed by atoms with Gasteiger partial charge in [-0.15, -0.1) is 0 Å². The van der Waals surface area contributed by atoms with Gasteiger partial charge in [0.2, 0.25) is 5.91 Å². The largest absolute Gasteiger partial charge is 0.376 e. The minimum Gasteiger partial charge on any atom is -0.376 e. The van der Waals surface area contributed by atoms with E-state index in [4.69, 9.17) is 4.74 Å². The zero-order chi connectivity index (χ0) is 20.4. The lowest BCUT2D eigenvalue weighted by Crippen LogP contribution is -2.58. The molecule has 3 aliphatic rings. The van der Waals surface area contributed by atoms with Crippen molar-refractivity contribution in [1.82, 2.24) is 20.5 Å². The number of amides is 2. The summed E-state index contributed by atoms with van der Waals surface area (Å²) in [4.78, 5) is 32.7. The zero-order valence-electron chi connectivity index (χ0n) is 17.5. The molecule has 3 atom stereocenters. The van der Waals surface area contributed by atoms with Gasteiger partial charge in [0.1, 0.15) is 5.54 Å². The van der Waals surface area contributed by atoms with Crippen molar-refractivity contribution in [2.24, 2.45) is 0 Å². The van der Waals surface area contributed by atoms with Crippen LogP contribution in [0.15, 0.2) is 12.1 Å². The molecule has 0 aromatic carbocycles. The Morgan fingerprint density at radius 3 is 2.76 bits per heavy atom. The average Bonchev–Trinajstić information content (AvgIpc) is 3.33. The highest BCUT2D eigenvalue weighted by atomic mass is 16.5. The van der Waals surface area contributed by atoms with Crippen molar-refractivity contribution in [3.05, 3.63) is 29.1 Å². The van der Waals surface area contributed by atoms with E-state index in [1.807, 2.05) is 26.0 Å². The van der Waals surface area contributed by atoms with Gasteiger partial charge in [-0.3, -0.25) is 19.5 Å². The van der Waals surface area contributed by atoms with Crippen LogP contribution in [0.3, 0.4) is 0 Å². The van der Waals surface area contributed by atoms with Crippen LogP contribution < -0.4 is 10.6 Å². The van der Waals surface area contributed by atoms with Gasteiger partial charge in [0.05, 0.1) is 6.10 Å². The summed E-state index contributed by atoms with van der Waals surface area (Å²) in [6, 6.07) is 3.60. The van der Waals surface area contributed by atoms with E-state index in [2.05, 4.69) is 20.5 Å². The number of nitrogens with one attached hydrogen (secondary N) is 2. The van der Waals surface area contributed by atoms with Crippen molar-refractivity contribution in [1.29, 1.82) is 0 Å². The number of ether oxygens (including phenoxy) is 1. The molecule has 7 nitrogen and oxygen atoms in total. The van der Waals surface area contributed by atoms with E-state index < -0.39 is 5.54 Å². The highest BCUT2D eigenvalue weighted by molar-refractivity contribution is 5.95. The van der Waals surface area contributed by atoms with Crippen molar-refractivity contribution in [3.63, 3.8) is 0 Å². The monoisotopic (exact) mass is 400 g/mol. The van der Waals surface area contributed by atoms with Gasteiger partial charge < -0.3 is 15.4 Å². The summed E-state index contributed by atoms with van der Waals surface area (Å²) in [6.07, 6.45) is 5.89. The zero-order valence-corrected chi connectivity index (χ0v) is 17.5. The number of hydrogen-bond donors (Lipinski definition) is 2. The van der Waals surface area contributed by atoms with E-state index in [1.165, 1.54) is 0 Å². The van der Waals surface area contributed by atoms with Crippen LogP contribution in [-0.2, 0) is 9.53 Å². The fourth-order valence-electron chi connectivity index (χ4n) is 5.18. The van der Waals surface area contributed by atoms with Crippen LogP contribution in [0.4, 0.5) is 0 Å². The molecule has 0 spiro atoms. The van der Waals surface area contributed by atoms with Crippen LogP contribution in [-0.4, -0.2) is 65.6 Å². The number of rotatable bonds is 5. The summed E-state index contributed by atoms with van der Waals surface area (Å²) in [6.45, 7) is 6.80. The molecule has 158 valence electrons. The predicted octanol–water partition coefficient (Wildman–Crippen LogP) is 1.72. The lowest BCUT2D eigenvalue weighted by atomic mass is 9.84. The molecule has 7 heteroatoms. The van der Waals surface area contributed by atoms with Gasteiger partial charge in [-0.2, -0.15) is 0 Å². The second-order valence-corrected chi connectivity index (χ2v) is 8.79. The fraction of sp³-hybridized carbons (Fsp3) is 0.682. The molecule has 0 unspecified atom stereocenters. The molecule has 2 amide bonds. The Hall–Kier alpha value is -1.99. The Balaban J connectivity index is 1.42. The molecule has 0 saturated carbocycles. The van der Waals surface area contributed by atoms with Gasteiger partial charge >= 0.3 is 0 Å². The van der Waals surface area contributed by atoms with Crippen LogP contribution in [0.1, 0.15) is 60.3 Å². The molecule has 0 bridgehead atoms. The van der Waals surface area contributed by atoms with E-state index in [0.717, 1.165) is 63.2 Å². The minimum absolute atomic E-state index is 0.0251. The van der Waals surface area contributed by atoms with Crippen molar-refractivity contribution < 1.29 is 14.3 Å². The summed E-state index contributed by atoms with van der Waals surface area (Å²) in [5, 5.41) is 6.32. The first-order valence-electron chi connectivity index (χ1n) is 10.9. The van der Waals surface area contributed by atoms with E-state index in [-0.39, 0.29) is 24.0 Å². The molecule has 29 heavy (non-hydrogen) atoms. The van der Waals surface area contributed by atoms with Crippen molar-refractivity contribution in [2.75, 3.05) is 26.2 Å². The molecule has 3 fully saturated rings. The first-order valence-corrected chi connectivity index (χ1v) is 10.9. The Bertz CT molecular complexity index is 757. The first-order chi connectivity index (χ1) is 14.0. The third-order valence-electron chi connectivity index (χ3n) is 6.51. The SMILES string of the molecule is Cc1cc(C(=O)N[C@@H]2CN3CCCC[C@]3(C(=O)NC[C@@H]3CCCO3)C2)cc(C)n1. The second-order valence-electron chi connectivity index (χ2n) is 8.79. The van der Waals surface area contributed by atoms with E-state index in [9.17, 15) is 9.59 Å². The molecule has 3 saturated heterocycles. The van der Waals surface area contributed by atoms with Gasteiger partial charge in [0.15, 0.2) is 0 Å². The molecule has 0 aliphatic carbocycles. The Morgan fingerprint density at radius 1 is 1.24 bits per heavy atom. The summed E-state index contributed by atoms with van der Waals surface area (Å²) in [7, 11) is 0. The normalized spacial score (nSPS) is 29.4. The summed E-state index contributed by atoms with van der Waals surface area (Å²) in [5.74, 6) is 0.0124. The molecule has 3 aliphatic heterocycles. The van der Waals surface area contributed by atoms with Crippen molar-refractivity contribution in [2.45, 2.75) is 70.1 Å². The van der Waals surface area contributed by atoms with Gasteiger partial charge in [-0.1, -0.05) is 0 Å². The lowest BCUT2D eigenvalue weighted by molar-refractivity contribution is -0.134. The quantitative estimate of drug-likeness (QED) is 0.786. The number of aromatic nitrogens is 1. The molecule has 1 aromatic rings. The molecule has 4 rings (SSSR count). The Kier molecular flexibility index (Phi) is 5.88. The van der Waals surface area contributed by atoms with Crippen LogP contribution >= 0.6 is 0 Å². The van der Waals surface area contributed by atoms with E-state index in [0.29, 0.717) is 18.5 Å². The highest BCUT2D eigenvalue weighted by Crippen LogP contribution is 2.38. The summed E-state index contributed by atoms with van der Waals surface area (Å²) < 4.78 is 5.65. The van der Waals surface area contributed by atoms with Crippen LogP contribution in [0, 0.1) is 13.8 Å².